The molecule has 1 amide bonds. The second kappa shape index (κ2) is 10.4. The largest absolute Gasteiger partial charge is 0.340 e. The van der Waals surface area contributed by atoms with Crippen LogP contribution in [0.3, 0.4) is 0 Å². The van der Waals surface area contributed by atoms with Crippen molar-refractivity contribution >= 4 is 16.9 Å². The van der Waals surface area contributed by atoms with Gasteiger partial charge in [0.05, 0.1) is 0 Å². The van der Waals surface area contributed by atoms with E-state index < -0.39 is 0 Å². The van der Waals surface area contributed by atoms with E-state index in [1.54, 1.807) is 0 Å². The van der Waals surface area contributed by atoms with Crippen LogP contribution in [0.1, 0.15) is 36.8 Å². The molecular weight excluding hydrogens is 414 g/mol. The first-order valence-corrected chi connectivity index (χ1v) is 12.2. The van der Waals surface area contributed by atoms with Gasteiger partial charge < -0.3 is 4.90 Å². The van der Waals surface area contributed by atoms with Crippen molar-refractivity contribution in [1.82, 2.24) is 25.0 Å². The quantitative estimate of drug-likeness (QED) is 0.552. The number of fused-ring (bicyclic) bond motifs is 1. The molecular formula is C26H33N5O2. The average molecular weight is 448 g/mol. The van der Waals surface area contributed by atoms with Gasteiger partial charge in [-0.1, -0.05) is 42.5 Å². The topological polar surface area (TPSA) is 65.7 Å². The van der Waals surface area contributed by atoms with Crippen LogP contribution in [0.2, 0.25) is 0 Å². The summed E-state index contributed by atoms with van der Waals surface area (Å²) in [6, 6.07) is 16.6. The molecule has 2 aromatic carbocycles. The van der Waals surface area contributed by atoms with Crippen molar-refractivity contribution in [3.63, 3.8) is 0 Å². The van der Waals surface area contributed by atoms with Crippen LogP contribution in [0.4, 0.5) is 0 Å². The predicted octanol–water partition coefficient (Wildman–Crippen LogP) is 3.56. The van der Waals surface area contributed by atoms with E-state index in [0.717, 1.165) is 69.8 Å². The van der Waals surface area contributed by atoms with Gasteiger partial charge in [-0.15, -0.1) is 0 Å². The lowest BCUT2D eigenvalue weighted by atomic mass is 9.92. The highest BCUT2D eigenvalue weighted by Gasteiger charge is 2.25. The Labute approximate surface area is 195 Å². The summed E-state index contributed by atoms with van der Waals surface area (Å²) in [5.74, 6) is 0.904. The van der Waals surface area contributed by atoms with E-state index in [-0.39, 0.29) is 0 Å². The number of hydrogen-bond acceptors (Lipinski definition) is 6. The molecule has 2 aliphatic heterocycles. The minimum absolute atomic E-state index is 0.324. The molecule has 0 saturated carbocycles. The SMILES string of the molecule is O=C(CCC1CCCN(Cc2cccc3nonc23)C1)N1CCN(Cc2ccccc2)CC1. The molecule has 2 fully saturated rings. The molecule has 5 rings (SSSR count). The Kier molecular flexibility index (Phi) is 6.98. The lowest BCUT2D eigenvalue weighted by Crippen LogP contribution is -2.48. The van der Waals surface area contributed by atoms with Gasteiger partial charge in [0.2, 0.25) is 5.91 Å². The molecule has 7 nitrogen and oxygen atoms in total. The van der Waals surface area contributed by atoms with E-state index in [1.807, 2.05) is 12.1 Å². The lowest BCUT2D eigenvalue weighted by Gasteiger charge is -2.36. The molecule has 1 unspecified atom stereocenters. The summed E-state index contributed by atoms with van der Waals surface area (Å²) in [4.78, 5) is 19.9. The number of aromatic nitrogens is 2. The third-order valence-electron chi connectivity index (χ3n) is 7.11. The smallest absolute Gasteiger partial charge is 0.222 e. The van der Waals surface area contributed by atoms with Crippen LogP contribution in [-0.4, -0.2) is 70.2 Å². The van der Waals surface area contributed by atoms with Crippen LogP contribution in [0.5, 0.6) is 0 Å². The summed E-state index contributed by atoms with van der Waals surface area (Å²) in [6.45, 7) is 7.57. The summed E-state index contributed by atoms with van der Waals surface area (Å²) < 4.78 is 4.91. The molecule has 0 radical (unpaired) electrons. The summed E-state index contributed by atoms with van der Waals surface area (Å²) in [7, 11) is 0. The molecule has 0 aliphatic carbocycles. The van der Waals surface area contributed by atoms with Gasteiger partial charge in [0.25, 0.3) is 0 Å². The number of rotatable bonds is 7. The summed E-state index contributed by atoms with van der Waals surface area (Å²) in [5, 5.41) is 8.03. The summed E-state index contributed by atoms with van der Waals surface area (Å²) >= 11 is 0. The van der Waals surface area contributed by atoms with Gasteiger partial charge in [0.1, 0.15) is 11.0 Å². The first-order chi connectivity index (χ1) is 16.2. The Bertz CT molecular complexity index is 1050. The fourth-order valence-corrected chi connectivity index (χ4v) is 5.24. The van der Waals surface area contributed by atoms with E-state index in [1.165, 1.54) is 24.0 Å². The number of piperazine rings is 1. The highest BCUT2D eigenvalue weighted by Crippen LogP contribution is 2.25. The van der Waals surface area contributed by atoms with Crippen LogP contribution in [0.15, 0.2) is 53.2 Å². The van der Waals surface area contributed by atoms with Gasteiger partial charge in [-0.3, -0.25) is 14.6 Å². The Morgan fingerprint density at radius 2 is 1.76 bits per heavy atom. The zero-order chi connectivity index (χ0) is 22.5. The minimum Gasteiger partial charge on any atom is -0.340 e. The lowest BCUT2D eigenvalue weighted by molar-refractivity contribution is -0.133. The number of carbonyl (C=O) groups excluding carboxylic acids is 1. The Morgan fingerprint density at radius 1 is 0.909 bits per heavy atom. The average Bonchev–Trinajstić information content (AvgIpc) is 3.34. The van der Waals surface area contributed by atoms with E-state index in [9.17, 15) is 4.79 Å². The van der Waals surface area contributed by atoms with Crippen molar-refractivity contribution in [2.75, 3.05) is 39.3 Å². The van der Waals surface area contributed by atoms with Gasteiger partial charge in [-0.25, -0.2) is 4.63 Å². The molecule has 174 valence electrons. The summed E-state index contributed by atoms with van der Waals surface area (Å²) in [5.41, 5.74) is 4.19. The maximum absolute atomic E-state index is 12.9. The third kappa shape index (κ3) is 5.60. The standard InChI is InChI=1S/C26H33N5O2/c32-25(31-16-14-29(15-17-31)18-21-6-2-1-3-7-21)12-11-22-8-5-13-30(19-22)20-23-9-4-10-24-26(23)28-33-27-24/h1-4,6-7,9-10,22H,5,8,11-20H2. The van der Waals surface area contributed by atoms with Crippen molar-refractivity contribution in [1.29, 1.82) is 0 Å². The molecule has 0 spiro atoms. The van der Waals surface area contributed by atoms with Crippen LogP contribution < -0.4 is 0 Å². The molecule has 33 heavy (non-hydrogen) atoms. The van der Waals surface area contributed by atoms with Crippen molar-refractivity contribution in [2.45, 2.75) is 38.8 Å². The zero-order valence-corrected chi connectivity index (χ0v) is 19.2. The van der Waals surface area contributed by atoms with Gasteiger partial charge in [0.15, 0.2) is 0 Å². The first-order valence-electron chi connectivity index (χ1n) is 12.2. The normalized spacial score (nSPS) is 20.4. The van der Waals surface area contributed by atoms with E-state index in [2.05, 4.69) is 61.4 Å². The van der Waals surface area contributed by atoms with Crippen LogP contribution in [0.25, 0.3) is 11.0 Å². The number of amides is 1. The maximum Gasteiger partial charge on any atom is 0.222 e. The molecule has 1 atom stereocenters. The predicted molar refractivity (Wildman–Crippen MR) is 127 cm³/mol. The zero-order valence-electron chi connectivity index (χ0n) is 19.2. The van der Waals surface area contributed by atoms with Crippen LogP contribution in [0, 0.1) is 5.92 Å². The molecule has 7 heteroatoms. The molecule has 2 aliphatic rings. The van der Waals surface area contributed by atoms with Crippen molar-refractivity contribution in [3.8, 4) is 0 Å². The fourth-order valence-electron chi connectivity index (χ4n) is 5.24. The van der Waals surface area contributed by atoms with Crippen molar-refractivity contribution < 1.29 is 9.42 Å². The molecule has 0 bridgehead atoms. The highest BCUT2D eigenvalue weighted by molar-refractivity contribution is 5.77. The van der Waals surface area contributed by atoms with E-state index in [0.29, 0.717) is 18.2 Å². The van der Waals surface area contributed by atoms with Gasteiger partial charge in [0, 0.05) is 52.2 Å². The van der Waals surface area contributed by atoms with Crippen molar-refractivity contribution in [2.24, 2.45) is 5.92 Å². The Balaban J connectivity index is 1.06. The number of benzene rings is 2. The fraction of sp³-hybridized carbons (Fsp3) is 0.500. The van der Waals surface area contributed by atoms with Gasteiger partial charge in [-0.05, 0) is 59.2 Å². The van der Waals surface area contributed by atoms with Crippen molar-refractivity contribution in [3.05, 3.63) is 59.7 Å². The summed E-state index contributed by atoms with van der Waals surface area (Å²) in [6.07, 6.45) is 4.05. The van der Waals surface area contributed by atoms with Gasteiger partial charge in [-0.2, -0.15) is 0 Å². The first kappa shape index (κ1) is 22.0. The number of piperidine rings is 1. The van der Waals surface area contributed by atoms with Crippen LogP contribution in [-0.2, 0) is 17.9 Å². The molecule has 2 saturated heterocycles. The van der Waals surface area contributed by atoms with E-state index in [4.69, 9.17) is 4.63 Å². The second-order valence-electron chi connectivity index (χ2n) is 9.47. The minimum atomic E-state index is 0.324. The molecule has 1 aromatic heterocycles. The Morgan fingerprint density at radius 3 is 2.61 bits per heavy atom. The van der Waals surface area contributed by atoms with Crippen LogP contribution >= 0.6 is 0 Å². The Hall–Kier alpha value is -2.77. The maximum atomic E-state index is 12.9. The third-order valence-corrected chi connectivity index (χ3v) is 7.11. The molecule has 3 heterocycles. The number of carbonyl (C=O) groups is 1. The second-order valence-corrected chi connectivity index (χ2v) is 9.47. The number of likely N-dealkylation sites (tertiary alicyclic amines) is 1. The van der Waals surface area contributed by atoms with Gasteiger partial charge >= 0.3 is 0 Å². The monoisotopic (exact) mass is 447 g/mol. The van der Waals surface area contributed by atoms with E-state index >= 15 is 0 Å². The number of hydrogen-bond donors (Lipinski definition) is 0. The molecule has 3 aromatic rings. The molecule has 0 N–H and O–H groups in total. The number of nitrogens with zero attached hydrogens (tertiary/aromatic N) is 5. The highest BCUT2D eigenvalue weighted by atomic mass is 16.6.